The molecule has 1 fully saturated rings. The number of nitrogens with zero attached hydrogens (tertiary/aromatic N) is 2. The molecule has 2 heteroatoms. The molecule has 19 heavy (non-hydrogen) atoms. The summed E-state index contributed by atoms with van der Waals surface area (Å²) in [7, 11) is 4.52. The summed E-state index contributed by atoms with van der Waals surface area (Å²) in [4.78, 5) is 5.00. The Morgan fingerprint density at radius 3 is 2.63 bits per heavy atom. The molecule has 1 heterocycles. The molecule has 1 aliphatic heterocycles. The van der Waals surface area contributed by atoms with Crippen LogP contribution in [0.3, 0.4) is 0 Å². The van der Waals surface area contributed by atoms with E-state index in [0.717, 1.165) is 12.6 Å². The van der Waals surface area contributed by atoms with Crippen molar-refractivity contribution in [2.75, 3.05) is 27.2 Å². The first-order valence-electron chi connectivity index (χ1n) is 7.59. The molecule has 1 atom stereocenters. The maximum atomic E-state index is 2.54. The molecule has 0 aliphatic carbocycles. The number of hydrogen-bond donors (Lipinski definition) is 0. The third-order valence-electron chi connectivity index (χ3n) is 4.34. The van der Waals surface area contributed by atoms with Gasteiger partial charge in [0.1, 0.15) is 0 Å². The van der Waals surface area contributed by atoms with Gasteiger partial charge in [0.25, 0.3) is 0 Å². The van der Waals surface area contributed by atoms with Gasteiger partial charge in [0.15, 0.2) is 0 Å². The van der Waals surface area contributed by atoms with Crippen LogP contribution >= 0.6 is 0 Å². The standard InChI is InChI=1S/C17H28N2/c1-15-7-9-16(10-8-15)14-18(2)13-11-17-6-4-5-12-19(17)3/h7-10,17H,4-6,11-14H2,1-3H3. The summed E-state index contributed by atoms with van der Waals surface area (Å²) < 4.78 is 0. The highest BCUT2D eigenvalue weighted by atomic mass is 15.1. The molecule has 0 saturated carbocycles. The molecule has 106 valence electrons. The van der Waals surface area contributed by atoms with E-state index in [1.165, 1.54) is 49.9 Å². The van der Waals surface area contributed by atoms with Crippen LogP contribution in [0.5, 0.6) is 0 Å². The van der Waals surface area contributed by atoms with E-state index in [2.05, 4.69) is 55.1 Å². The zero-order chi connectivity index (χ0) is 13.7. The second kappa shape index (κ2) is 7.06. The van der Waals surface area contributed by atoms with Crippen LogP contribution in [0.15, 0.2) is 24.3 Å². The summed E-state index contributed by atoms with van der Waals surface area (Å²) in [5.41, 5.74) is 2.76. The molecule has 1 aliphatic rings. The zero-order valence-electron chi connectivity index (χ0n) is 12.7. The fourth-order valence-corrected chi connectivity index (χ4v) is 2.96. The smallest absolute Gasteiger partial charge is 0.0230 e. The lowest BCUT2D eigenvalue weighted by atomic mass is 10.00. The van der Waals surface area contributed by atoms with Crippen LogP contribution in [-0.2, 0) is 6.54 Å². The third-order valence-corrected chi connectivity index (χ3v) is 4.34. The van der Waals surface area contributed by atoms with E-state index in [1.807, 2.05) is 0 Å². The van der Waals surface area contributed by atoms with E-state index in [-0.39, 0.29) is 0 Å². The van der Waals surface area contributed by atoms with Crippen molar-refractivity contribution in [3.05, 3.63) is 35.4 Å². The van der Waals surface area contributed by atoms with Crippen LogP contribution in [0.25, 0.3) is 0 Å². The molecule has 1 saturated heterocycles. The second-order valence-corrected chi connectivity index (χ2v) is 6.14. The Morgan fingerprint density at radius 1 is 1.21 bits per heavy atom. The fraction of sp³-hybridized carbons (Fsp3) is 0.647. The zero-order valence-corrected chi connectivity index (χ0v) is 12.7. The van der Waals surface area contributed by atoms with Crippen molar-refractivity contribution in [3.63, 3.8) is 0 Å². The lowest BCUT2D eigenvalue weighted by Gasteiger charge is -2.33. The van der Waals surface area contributed by atoms with Crippen molar-refractivity contribution in [1.82, 2.24) is 9.80 Å². The Labute approximate surface area is 118 Å². The largest absolute Gasteiger partial charge is 0.303 e. The lowest BCUT2D eigenvalue weighted by molar-refractivity contribution is 0.159. The predicted molar refractivity (Wildman–Crippen MR) is 82.4 cm³/mol. The summed E-state index contributed by atoms with van der Waals surface area (Å²) >= 11 is 0. The molecule has 0 spiro atoms. The van der Waals surface area contributed by atoms with Crippen LogP contribution in [0.1, 0.15) is 36.8 Å². The Morgan fingerprint density at radius 2 is 1.95 bits per heavy atom. The van der Waals surface area contributed by atoms with Crippen LogP contribution in [0, 0.1) is 6.92 Å². The molecule has 1 aromatic rings. The summed E-state index contributed by atoms with van der Waals surface area (Å²) in [6.45, 7) is 5.69. The van der Waals surface area contributed by atoms with Crippen LogP contribution < -0.4 is 0 Å². The average Bonchev–Trinajstić information content (AvgIpc) is 2.40. The molecule has 0 bridgehead atoms. The Hall–Kier alpha value is -0.860. The Bertz CT molecular complexity index is 371. The van der Waals surface area contributed by atoms with E-state index in [9.17, 15) is 0 Å². The van der Waals surface area contributed by atoms with Gasteiger partial charge in [0, 0.05) is 12.6 Å². The summed E-state index contributed by atoms with van der Waals surface area (Å²) in [6, 6.07) is 9.71. The van der Waals surface area contributed by atoms with Crippen LogP contribution in [0.4, 0.5) is 0 Å². The van der Waals surface area contributed by atoms with Gasteiger partial charge in [0.2, 0.25) is 0 Å². The predicted octanol–water partition coefficient (Wildman–Crippen LogP) is 3.30. The molecular formula is C17H28N2. The molecule has 0 radical (unpaired) electrons. The third kappa shape index (κ3) is 4.63. The number of likely N-dealkylation sites (tertiary alicyclic amines) is 1. The maximum Gasteiger partial charge on any atom is 0.0230 e. The van der Waals surface area contributed by atoms with Gasteiger partial charge in [-0.15, -0.1) is 0 Å². The molecule has 0 aromatic heterocycles. The normalized spacial score (nSPS) is 20.9. The van der Waals surface area contributed by atoms with Gasteiger partial charge in [-0.05, 0) is 58.9 Å². The average molecular weight is 260 g/mol. The first-order valence-corrected chi connectivity index (χ1v) is 7.59. The van der Waals surface area contributed by atoms with Crippen LogP contribution in [-0.4, -0.2) is 43.0 Å². The van der Waals surface area contributed by atoms with E-state index in [0.29, 0.717) is 0 Å². The number of hydrogen-bond acceptors (Lipinski definition) is 2. The van der Waals surface area contributed by atoms with E-state index < -0.39 is 0 Å². The van der Waals surface area contributed by atoms with Crippen molar-refractivity contribution >= 4 is 0 Å². The van der Waals surface area contributed by atoms with Crippen molar-refractivity contribution in [1.29, 1.82) is 0 Å². The highest BCUT2D eigenvalue weighted by Gasteiger charge is 2.18. The van der Waals surface area contributed by atoms with Gasteiger partial charge in [-0.1, -0.05) is 36.2 Å². The van der Waals surface area contributed by atoms with Crippen molar-refractivity contribution in [3.8, 4) is 0 Å². The minimum atomic E-state index is 0.800. The molecule has 0 amide bonds. The number of piperidine rings is 1. The van der Waals surface area contributed by atoms with E-state index in [1.54, 1.807) is 0 Å². The van der Waals surface area contributed by atoms with Gasteiger partial charge in [-0.2, -0.15) is 0 Å². The minimum absolute atomic E-state index is 0.800. The first-order chi connectivity index (χ1) is 9.15. The topological polar surface area (TPSA) is 6.48 Å². The highest BCUT2D eigenvalue weighted by molar-refractivity contribution is 5.21. The quantitative estimate of drug-likeness (QED) is 0.801. The Balaban J connectivity index is 1.74. The van der Waals surface area contributed by atoms with Gasteiger partial charge >= 0.3 is 0 Å². The van der Waals surface area contributed by atoms with Gasteiger partial charge in [-0.25, -0.2) is 0 Å². The fourth-order valence-electron chi connectivity index (χ4n) is 2.96. The van der Waals surface area contributed by atoms with Gasteiger partial charge < -0.3 is 9.80 Å². The summed E-state index contributed by atoms with van der Waals surface area (Å²) in [6.07, 6.45) is 5.48. The number of aryl methyl sites for hydroxylation is 1. The lowest BCUT2D eigenvalue weighted by Crippen LogP contribution is -2.38. The summed E-state index contributed by atoms with van der Waals surface area (Å²) in [5.74, 6) is 0. The summed E-state index contributed by atoms with van der Waals surface area (Å²) in [5, 5.41) is 0. The molecular weight excluding hydrogens is 232 g/mol. The van der Waals surface area contributed by atoms with Crippen molar-refractivity contribution in [2.24, 2.45) is 0 Å². The van der Waals surface area contributed by atoms with Gasteiger partial charge in [-0.3, -0.25) is 0 Å². The first kappa shape index (κ1) is 14.5. The van der Waals surface area contributed by atoms with Crippen LogP contribution in [0.2, 0.25) is 0 Å². The number of rotatable bonds is 5. The maximum absolute atomic E-state index is 2.54. The number of benzene rings is 1. The molecule has 0 N–H and O–H groups in total. The van der Waals surface area contributed by atoms with E-state index >= 15 is 0 Å². The molecule has 1 aromatic carbocycles. The Kier molecular flexibility index (Phi) is 5.41. The minimum Gasteiger partial charge on any atom is -0.303 e. The van der Waals surface area contributed by atoms with Gasteiger partial charge in [0.05, 0.1) is 0 Å². The van der Waals surface area contributed by atoms with Crippen molar-refractivity contribution in [2.45, 2.75) is 45.2 Å². The van der Waals surface area contributed by atoms with Crippen molar-refractivity contribution < 1.29 is 0 Å². The van der Waals surface area contributed by atoms with E-state index in [4.69, 9.17) is 0 Å². The SMILES string of the molecule is Cc1ccc(CN(C)CCC2CCCCN2C)cc1. The monoisotopic (exact) mass is 260 g/mol. The highest BCUT2D eigenvalue weighted by Crippen LogP contribution is 2.18. The second-order valence-electron chi connectivity index (χ2n) is 6.14. The molecule has 1 unspecified atom stereocenters. The molecule has 2 rings (SSSR count). The molecule has 2 nitrogen and oxygen atoms in total.